The fourth-order valence-corrected chi connectivity index (χ4v) is 3.91. The van der Waals surface area contributed by atoms with Crippen LogP contribution in [-0.4, -0.2) is 48.5 Å². The summed E-state index contributed by atoms with van der Waals surface area (Å²) in [7, 11) is 0. The van der Waals surface area contributed by atoms with Gasteiger partial charge in [0, 0.05) is 32.4 Å². The van der Waals surface area contributed by atoms with Crippen molar-refractivity contribution >= 4 is 11.7 Å². The highest BCUT2D eigenvalue weighted by molar-refractivity contribution is 5.78. The molecule has 1 aromatic heterocycles. The van der Waals surface area contributed by atoms with Gasteiger partial charge in [0.15, 0.2) is 0 Å². The number of piperazine rings is 1. The molecule has 0 bridgehead atoms. The zero-order chi connectivity index (χ0) is 20.6. The molecule has 1 unspecified atom stereocenters. The lowest BCUT2D eigenvalue weighted by atomic mass is 9.99. The van der Waals surface area contributed by atoms with Gasteiger partial charge < -0.3 is 10.2 Å². The van der Waals surface area contributed by atoms with E-state index in [4.69, 9.17) is 0 Å². The molecule has 0 saturated carbocycles. The van der Waals surface area contributed by atoms with Crippen molar-refractivity contribution in [3.05, 3.63) is 96.2 Å². The van der Waals surface area contributed by atoms with E-state index in [0.717, 1.165) is 44.0 Å². The van der Waals surface area contributed by atoms with Gasteiger partial charge in [0.25, 0.3) is 0 Å². The fourth-order valence-electron chi connectivity index (χ4n) is 3.91. The van der Waals surface area contributed by atoms with Crippen LogP contribution < -0.4 is 10.2 Å². The Hall–Kier alpha value is -3.18. The van der Waals surface area contributed by atoms with Crippen LogP contribution in [0.3, 0.4) is 0 Å². The monoisotopic (exact) mass is 400 g/mol. The van der Waals surface area contributed by atoms with Gasteiger partial charge in [-0.25, -0.2) is 4.98 Å². The van der Waals surface area contributed by atoms with E-state index in [1.165, 1.54) is 5.56 Å². The van der Waals surface area contributed by atoms with E-state index >= 15 is 0 Å². The van der Waals surface area contributed by atoms with Crippen molar-refractivity contribution in [3.8, 4) is 0 Å². The van der Waals surface area contributed by atoms with Crippen LogP contribution in [0.2, 0.25) is 0 Å². The smallest absolute Gasteiger partial charge is 0.234 e. The van der Waals surface area contributed by atoms with Gasteiger partial charge in [-0.05, 0) is 29.7 Å². The second-order valence-corrected chi connectivity index (χ2v) is 7.67. The maximum absolute atomic E-state index is 12.9. The van der Waals surface area contributed by atoms with Gasteiger partial charge in [-0.1, -0.05) is 66.7 Å². The predicted molar refractivity (Wildman–Crippen MR) is 120 cm³/mol. The summed E-state index contributed by atoms with van der Waals surface area (Å²) in [6.45, 7) is 3.92. The van der Waals surface area contributed by atoms with Gasteiger partial charge in [-0.2, -0.15) is 0 Å². The maximum Gasteiger partial charge on any atom is 0.234 e. The van der Waals surface area contributed by atoms with E-state index in [1.54, 1.807) is 0 Å². The lowest BCUT2D eigenvalue weighted by Crippen LogP contribution is -2.50. The van der Waals surface area contributed by atoms with Crippen molar-refractivity contribution in [1.29, 1.82) is 0 Å². The highest BCUT2D eigenvalue weighted by Crippen LogP contribution is 2.19. The Morgan fingerprint density at radius 2 is 1.53 bits per heavy atom. The molecule has 5 heteroatoms. The number of aromatic nitrogens is 1. The number of anilines is 1. The molecule has 1 aliphatic rings. The minimum absolute atomic E-state index is 0.0316. The molecule has 1 aliphatic heterocycles. The normalized spacial score (nSPS) is 15.5. The Kier molecular flexibility index (Phi) is 6.72. The number of rotatable bonds is 7. The van der Waals surface area contributed by atoms with Crippen LogP contribution in [0.15, 0.2) is 85.1 Å². The largest absolute Gasteiger partial charge is 0.354 e. The Morgan fingerprint density at radius 3 is 2.20 bits per heavy atom. The molecule has 4 rings (SSSR count). The van der Waals surface area contributed by atoms with Gasteiger partial charge in [0.1, 0.15) is 5.82 Å². The minimum atomic E-state index is -0.0316. The zero-order valence-corrected chi connectivity index (χ0v) is 17.2. The highest BCUT2D eigenvalue weighted by Gasteiger charge is 2.21. The molecule has 1 amide bonds. The summed E-state index contributed by atoms with van der Waals surface area (Å²) < 4.78 is 0. The number of nitrogens with zero attached hydrogens (tertiary/aromatic N) is 3. The van der Waals surface area contributed by atoms with Crippen LogP contribution in [0.25, 0.3) is 0 Å². The first kappa shape index (κ1) is 20.1. The van der Waals surface area contributed by atoms with Gasteiger partial charge >= 0.3 is 0 Å². The molecule has 2 aromatic carbocycles. The van der Waals surface area contributed by atoms with E-state index in [-0.39, 0.29) is 11.9 Å². The van der Waals surface area contributed by atoms with Crippen LogP contribution in [0, 0.1) is 0 Å². The highest BCUT2D eigenvalue weighted by atomic mass is 16.2. The average Bonchev–Trinajstić information content (AvgIpc) is 2.81. The van der Waals surface area contributed by atoms with Crippen molar-refractivity contribution in [1.82, 2.24) is 15.2 Å². The number of amides is 1. The molecule has 5 nitrogen and oxygen atoms in total. The summed E-state index contributed by atoms with van der Waals surface area (Å²) in [6, 6.07) is 26.5. The van der Waals surface area contributed by atoms with E-state index in [0.29, 0.717) is 6.54 Å². The predicted octanol–water partition coefficient (Wildman–Crippen LogP) is 3.30. The molecule has 0 aliphatic carbocycles. The van der Waals surface area contributed by atoms with Crippen molar-refractivity contribution in [2.75, 3.05) is 37.6 Å². The third-order valence-corrected chi connectivity index (χ3v) is 5.53. The second kappa shape index (κ2) is 10.0. The van der Waals surface area contributed by atoms with Crippen molar-refractivity contribution in [3.63, 3.8) is 0 Å². The Balaban J connectivity index is 1.34. The number of nitrogens with one attached hydrogen (secondary N) is 1. The van der Waals surface area contributed by atoms with Gasteiger partial charge in [0.05, 0.1) is 12.6 Å². The van der Waals surface area contributed by atoms with E-state index < -0.39 is 0 Å². The summed E-state index contributed by atoms with van der Waals surface area (Å²) in [6.07, 6.45) is 2.61. The van der Waals surface area contributed by atoms with Crippen LogP contribution >= 0.6 is 0 Å². The lowest BCUT2D eigenvalue weighted by molar-refractivity contribution is -0.123. The summed E-state index contributed by atoms with van der Waals surface area (Å²) in [5.41, 5.74) is 2.35. The number of pyridine rings is 1. The average molecular weight is 401 g/mol. The number of carbonyl (C=O) groups is 1. The summed E-state index contributed by atoms with van der Waals surface area (Å²) in [5.74, 6) is 1.08. The van der Waals surface area contributed by atoms with E-state index in [9.17, 15) is 4.79 Å². The third kappa shape index (κ3) is 5.45. The molecule has 3 aromatic rings. The van der Waals surface area contributed by atoms with Crippen LogP contribution in [-0.2, 0) is 11.2 Å². The minimum Gasteiger partial charge on any atom is -0.354 e. The number of carbonyl (C=O) groups excluding carboxylic acids is 1. The third-order valence-electron chi connectivity index (χ3n) is 5.53. The molecule has 1 N–H and O–H groups in total. The van der Waals surface area contributed by atoms with E-state index in [1.807, 2.05) is 60.8 Å². The first-order valence-electron chi connectivity index (χ1n) is 10.5. The molecule has 1 atom stereocenters. The summed E-state index contributed by atoms with van der Waals surface area (Å²) in [5, 5.41) is 3.27. The summed E-state index contributed by atoms with van der Waals surface area (Å²) in [4.78, 5) is 21.8. The molecular formula is C25H28N4O. The number of benzene rings is 2. The zero-order valence-electron chi connectivity index (χ0n) is 17.2. The molecule has 2 heterocycles. The molecule has 1 fully saturated rings. The summed E-state index contributed by atoms with van der Waals surface area (Å²) >= 11 is 0. The van der Waals surface area contributed by atoms with Gasteiger partial charge in [0.2, 0.25) is 5.91 Å². The van der Waals surface area contributed by atoms with Crippen molar-refractivity contribution < 1.29 is 4.79 Å². The van der Waals surface area contributed by atoms with Crippen molar-refractivity contribution in [2.45, 2.75) is 12.5 Å². The van der Waals surface area contributed by atoms with Crippen molar-refractivity contribution in [2.24, 2.45) is 0 Å². The lowest BCUT2D eigenvalue weighted by Gasteiger charge is -2.35. The molecule has 154 valence electrons. The quantitative estimate of drug-likeness (QED) is 0.661. The Labute approximate surface area is 178 Å². The second-order valence-electron chi connectivity index (χ2n) is 7.67. The fraction of sp³-hybridized carbons (Fsp3) is 0.280. The standard InChI is InChI=1S/C25H28N4O/c30-25(20-28-15-17-29(18-16-28)24-13-7-8-14-26-24)27-23(22-11-5-2-6-12-22)19-21-9-3-1-4-10-21/h1-14,23H,15-20H2,(H,27,30). The van der Waals surface area contributed by atoms with Gasteiger partial charge in [-0.3, -0.25) is 9.69 Å². The molecule has 0 radical (unpaired) electrons. The van der Waals surface area contributed by atoms with Crippen LogP contribution in [0.4, 0.5) is 5.82 Å². The Bertz CT molecular complexity index is 910. The molecule has 0 spiro atoms. The number of hydrogen-bond donors (Lipinski definition) is 1. The topological polar surface area (TPSA) is 48.5 Å². The molecular weight excluding hydrogens is 372 g/mol. The number of hydrogen-bond acceptors (Lipinski definition) is 4. The van der Waals surface area contributed by atoms with Gasteiger partial charge in [-0.15, -0.1) is 0 Å². The van der Waals surface area contributed by atoms with Crippen LogP contribution in [0.5, 0.6) is 0 Å². The van der Waals surface area contributed by atoms with Crippen LogP contribution in [0.1, 0.15) is 17.2 Å². The first-order chi connectivity index (χ1) is 14.8. The SMILES string of the molecule is O=C(CN1CCN(c2ccccn2)CC1)NC(Cc1ccccc1)c1ccccc1. The van der Waals surface area contributed by atoms with E-state index in [2.05, 4.69) is 44.4 Å². The molecule has 30 heavy (non-hydrogen) atoms. The molecule has 1 saturated heterocycles. The maximum atomic E-state index is 12.9. The first-order valence-corrected chi connectivity index (χ1v) is 10.5. The Morgan fingerprint density at radius 1 is 0.867 bits per heavy atom.